The topological polar surface area (TPSA) is 83.6 Å². The summed E-state index contributed by atoms with van der Waals surface area (Å²) < 4.78 is 54.3. The van der Waals surface area contributed by atoms with E-state index in [1.54, 1.807) is 16.8 Å². The molecule has 1 N–H and O–H groups in total. The number of hydrogen-bond acceptors (Lipinski definition) is 4. The first kappa shape index (κ1) is 21.5. The van der Waals surface area contributed by atoms with Crippen molar-refractivity contribution in [3.63, 3.8) is 0 Å². The molecule has 0 saturated carbocycles. The first-order valence-corrected chi connectivity index (χ1v) is 9.88. The largest absolute Gasteiger partial charge is 0.433 e. The molecular weight excluding hydrogens is 426 g/mol. The third-order valence-corrected chi connectivity index (χ3v) is 5.28. The third-order valence-electron chi connectivity index (χ3n) is 5.28. The molecule has 4 rings (SSSR count). The number of carbonyl (C=O) groups excluding carboxylic acids is 1. The maximum absolute atomic E-state index is 13.6. The molecule has 3 aromatic rings. The van der Waals surface area contributed by atoms with E-state index in [0.29, 0.717) is 24.4 Å². The number of aromatic nitrogens is 3. The van der Waals surface area contributed by atoms with Crippen LogP contribution in [-0.4, -0.2) is 20.7 Å². The molecule has 1 aliphatic rings. The normalized spacial score (nSPS) is 16.0. The Balaban J connectivity index is 1.63. The second-order valence-corrected chi connectivity index (χ2v) is 7.43. The van der Waals surface area contributed by atoms with Gasteiger partial charge in [-0.2, -0.15) is 23.5 Å². The highest BCUT2D eigenvalue weighted by Crippen LogP contribution is 2.32. The van der Waals surface area contributed by atoms with Gasteiger partial charge in [0.05, 0.1) is 23.0 Å². The smallest absolute Gasteiger partial charge is 0.344 e. The number of nitriles is 1. The van der Waals surface area contributed by atoms with E-state index in [4.69, 9.17) is 5.26 Å². The van der Waals surface area contributed by atoms with E-state index < -0.39 is 29.6 Å². The zero-order chi connectivity index (χ0) is 22.9. The number of fused-ring (bicyclic) bond motifs is 1. The van der Waals surface area contributed by atoms with Gasteiger partial charge in [0.1, 0.15) is 17.6 Å². The molecule has 1 aromatic carbocycles. The predicted molar refractivity (Wildman–Crippen MR) is 106 cm³/mol. The lowest BCUT2D eigenvalue weighted by Crippen LogP contribution is -2.29. The Bertz CT molecular complexity index is 1210. The second-order valence-electron chi connectivity index (χ2n) is 7.43. The van der Waals surface area contributed by atoms with E-state index in [0.717, 1.165) is 31.2 Å². The SMILES string of the molecule is N#Cc1cc(C(=O)NC2CCCCn3nc(-c4ccnc(C(F)(F)F)c4)cc32)ccc1F. The molecule has 1 aliphatic heterocycles. The van der Waals surface area contributed by atoms with Crippen LogP contribution in [0.1, 0.15) is 52.6 Å². The van der Waals surface area contributed by atoms with E-state index in [1.165, 1.54) is 18.2 Å². The highest BCUT2D eigenvalue weighted by Gasteiger charge is 2.33. The maximum Gasteiger partial charge on any atom is 0.433 e. The molecule has 1 unspecified atom stereocenters. The van der Waals surface area contributed by atoms with Crippen molar-refractivity contribution in [3.8, 4) is 17.3 Å². The molecule has 2 aromatic heterocycles. The van der Waals surface area contributed by atoms with Crippen molar-refractivity contribution in [2.24, 2.45) is 0 Å². The van der Waals surface area contributed by atoms with Crippen LogP contribution >= 0.6 is 0 Å². The van der Waals surface area contributed by atoms with Gasteiger partial charge >= 0.3 is 6.18 Å². The molecule has 6 nitrogen and oxygen atoms in total. The molecule has 0 bridgehead atoms. The summed E-state index contributed by atoms with van der Waals surface area (Å²) in [6, 6.07) is 8.85. The second kappa shape index (κ2) is 8.42. The Labute approximate surface area is 180 Å². The summed E-state index contributed by atoms with van der Waals surface area (Å²) in [7, 11) is 0. The molecule has 164 valence electrons. The zero-order valence-corrected chi connectivity index (χ0v) is 16.7. The highest BCUT2D eigenvalue weighted by atomic mass is 19.4. The Kier molecular flexibility index (Phi) is 5.65. The van der Waals surface area contributed by atoms with E-state index in [1.807, 2.05) is 0 Å². The first-order valence-electron chi connectivity index (χ1n) is 9.88. The number of carbonyl (C=O) groups is 1. The predicted octanol–water partition coefficient (Wildman–Crippen LogP) is 4.63. The Morgan fingerprint density at radius 2 is 2.00 bits per heavy atom. The van der Waals surface area contributed by atoms with Crippen LogP contribution in [0.15, 0.2) is 42.6 Å². The Hall–Kier alpha value is -3.74. The number of pyridine rings is 1. The average Bonchev–Trinajstić information content (AvgIpc) is 3.11. The molecule has 0 spiro atoms. The molecule has 0 fully saturated rings. The monoisotopic (exact) mass is 443 g/mol. The van der Waals surface area contributed by atoms with E-state index in [2.05, 4.69) is 15.4 Å². The number of aryl methyl sites for hydroxylation is 1. The summed E-state index contributed by atoms with van der Waals surface area (Å²) in [5.74, 6) is -1.19. The highest BCUT2D eigenvalue weighted by molar-refractivity contribution is 5.94. The van der Waals surface area contributed by atoms with Crippen molar-refractivity contribution in [2.75, 3.05) is 0 Å². The molecular formula is C22H17F4N5O. The molecule has 0 radical (unpaired) electrons. The molecule has 32 heavy (non-hydrogen) atoms. The van der Waals surface area contributed by atoms with Crippen LogP contribution in [0, 0.1) is 17.1 Å². The third kappa shape index (κ3) is 4.32. The van der Waals surface area contributed by atoms with Crippen LogP contribution in [0.3, 0.4) is 0 Å². The van der Waals surface area contributed by atoms with Crippen LogP contribution < -0.4 is 5.32 Å². The van der Waals surface area contributed by atoms with Gasteiger partial charge in [-0.1, -0.05) is 0 Å². The van der Waals surface area contributed by atoms with Crippen LogP contribution in [-0.2, 0) is 12.7 Å². The number of amides is 1. The van der Waals surface area contributed by atoms with Gasteiger partial charge in [-0.15, -0.1) is 0 Å². The summed E-state index contributed by atoms with van der Waals surface area (Å²) >= 11 is 0. The lowest BCUT2D eigenvalue weighted by atomic mass is 10.0. The van der Waals surface area contributed by atoms with Crippen molar-refractivity contribution >= 4 is 5.91 Å². The summed E-state index contributed by atoms with van der Waals surface area (Å²) in [6.07, 6.45) is -1.28. The number of nitrogens with one attached hydrogen (secondary N) is 1. The van der Waals surface area contributed by atoms with Crippen molar-refractivity contribution in [1.82, 2.24) is 20.1 Å². The van der Waals surface area contributed by atoms with Crippen LogP contribution in [0.5, 0.6) is 0 Å². The maximum atomic E-state index is 13.6. The van der Waals surface area contributed by atoms with Crippen LogP contribution in [0.2, 0.25) is 0 Å². The van der Waals surface area contributed by atoms with Crippen molar-refractivity contribution in [1.29, 1.82) is 5.26 Å². The first-order chi connectivity index (χ1) is 15.3. The van der Waals surface area contributed by atoms with Gasteiger partial charge < -0.3 is 5.32 Å². The minimum Gasteiger partial charge on any atom is -0.344 e. The fraction of sp³-hybridized carbons (Fsp3) is 0.273. The summed E-state index contributed by atoms with van der Waals surface area (Å²) in [5, 5.41) is 16.3. The minimum atomic E-state index is -4.57. The summed E-state index contributed by atoms with van der Waals surface area (Å²) in [6.45, 7) is 0.564. The lowest BCUT2D eigenvalue weighted by Gasteiger charge is -2.17. The van der Waals surface area contributed by atoms with Crippen LogP contribution in [0.4, 0.5) is 17.6 Å². The lowest BCUT2D eigenvalue weighted by molar-refractivity contribution is -0.141. The molecule has 1 atom stereocenters. The Morgan fingerprint density at radius 1 is 1.19 bits per heavy atom. The van der Waals surface area contributed by atoms with Crippen molar-refractivity contribution in [3.05, 3.63) is 70.9 Å². The van der Waals surface area contributed by atoms with E-state index in [9.17, 15) is 22.4 Å². The van der Waals surface area contributed by atoms with Crippen molar-refractivity contribution in [2.45, 2.75) is 38.0 Å². The quantitative estimate of drug-likeness (QED) is 0.599. The molecule has 3 heterocycles. The molecule has 0 aliphatic carbocycles. The van der Waals surface area contributed by atoms with Gasteiger partial charge in [0.15, 0.2) is 0 Å². The number of halogens is 4. The number of nitrogens with zero attached hydrogens (tertiary/aromatic N) is 4. The number of hydrogen-bond donors (Lipinski definition) is 1. The summed E-state index contributed by atoms with van der Waals surface area (Å²) in [4.78, 5) is 16.1. The van der Waals surface area contributed by atoms with E-state index >= 15 is 0 Å². The minimum absolute atomic E-state index is 0.141. The zero-order valence-electron chi connectivity index (χ0n) is 16.7. The van der Waals surface area contributed by atoms with Gasteiger partial charge in [-0.25, -0.2) is 4.39 Å². The van der Waals surface area contributed by atoms with Crippen LogP contribution in [0.25, 0.3) is 11.3 Å². The molecule has 1 amide bonds. The molecule has 10 heteroatoms. The van der Waals surface area contributed by atoms with Gasteiger partial charge in [0, 0.05) is 23.9 Å². The fourth-order valence-corrected chi connectivity index (χ4v) is 3.67. The van der Waals surface area contributed by atoms with E-state index in [-0.39, 0.29) is 16.7 Å². The van der Waals surface area contributed by atoms with Gasteiger partial charge in [-0.05, 0) is 55.7 Å². The number of benzene rings is 1. The number of rotatable bonds is 3. The Morgan fingerprint density at radius 3 is 2.75 bits per heavy atom. The van der Waals surface area contributed by atoms with Gasteiger partial charge in [0.2, 0.25) is 0 Å². The van der Waals surface area contributed by atoms with Gasteiger partial charge in [0.25, 0.3) is 5.91 Å². The average molecular weight is 443 g/mol. The van der Waals surface area contributed by atoms with Gasteiger partial charge in [-0.3, -0.25) is 14.5 Å². The number of alkyl halides is 3. The summed E-state index contributed by atoms with van der Waals surface area (Å²) in [5.41, 5.74) is 0.190. The molecule has 0 saturated heterocycles. The standard InChI is InChI=1S/C22H17F4N5O/c23-16-5-4-14(9-15(16)12-27)21(32)29-17-3-1-2-8-31-19(17)11-18(30-31)13-6-7-28-20(10-13)22(24,25)26/h4-7,9-11,17H,1-3,8H2,(H,29,32). The fourth-order valence-electron chi connectivity index (χ4n) is 3.67. The van der Waals surface area contributed by atoms with Crippen molar-refractivity contribution < 1.29 is 22.4 Å².